The zero-order chi connectivity index (χ0) is 20.5. The van der Waals surface area contributed by atoms with Gasteiger partial charge in [-0.2, -0.15) is 8.78 Å². The van der Waals surface area contributed by atoms with Gasteiger partial charge >= 0.3 is 6.61 Å². The van der Waals surface area contributed by atoms with Crippen LogP contribution in [0.5, 0.6) is 11.5 Å². The standard InChI is InChI=1S/C22H13ClF2O4/c23-13-7-8-14(17(27)11-13)16(26)9-5-12-6-10-19(29-22(24)25)21-20(12)15-3-1-2-4-18(15)28-21/h1-11,22,27H/b9-5+. The first-order chi connectivity index (χ1) is 13.9. The second kappa shape index (κ2) is 7.56. The van der Waals surface area contributed by atoms with Gasteiger partial charge in [-0.1, -0.05) is 41.9 Å². The lowest BCUT2D eigenvalue weighted by atomic mass is 10.0. The van der Waals surface area contributed by atoms with Crippen molar-refractivity contribution in [1.82, 2.24) is 0 Å². The van der Waals surface area contributed by atoms with Crippen LogP contribution in [-0.2, 0) is 0 Å². The number of phenols is 1. The van der Waals surface area contributed by atoms with E-state index in [4.69, 9.17) is 16.0 Å². The number of benzene rings is 3. The molecule has 0 bridgehead atoms. The van der Waals surface area contributed by atoms with Crippen molar-refractivity contribution in [1.29, 1.82) is 0 Å². The zero-order valence-electron chi connectivity index (χ0n) is 14.7. The number of allylic oxidation sites excluding steroid dienone is 1. The summed E-state index contributed by atoms with van der Waals surface area (Å²) < 4.78 is 35.8. The van der Waals surface area contributed by atoms with Gasteiger partial charge in [-0.25, -0.2) is 0 Å². The van der Waals surface area contributed by atoms with Crippen LogP contribution in [0.2, 0.25) is 5.02 Å². The number of ketones is 1. The van der Waals surface area contributed by atoms with E-state index in [0.29, 0.717) is 26.9 Å². The number of halogens is 3. The molecule has 0 fully saturated rings. The maximum Gasteiger partial charge on any atom is 0.387 e. The first-order valence-corrected chi connectivity index (χ1v) is 8.92. The largest absolute Gasteiger partial charge is 0.507 e. The van der Waals surface area contributed by atoms with E-state index in [1.807, 2.05) is 0 Å². The molecule has 0 aliphatic heterocycles. The van der Waals surface area contributed by atoms with E-state index in [2.05, 4.69) is 4.74 Å². The number of ether oxygens (including phenoxy) is 1. The average Bonchev–Trinajstić information content (AvgIpc) is 3.07. The molecule has 1 N–H and O–H groups in total. The normalized spacial score (nSPS) is 11.7. The Hall–Kier alpha value is -3.38. The third-order valence-electron chi connectivity index (χ3n) is 4.38. The van der Waals surface area contributed by atoms with Crippen LogP contribution in [0.4, 0.5) is 8.78 Å². The molecule has 0 aliphatic carbocycles. The van der Waals surface area contributed by atoms with Crippen molar-refractivity contribution in [3.63, 3.8) is 0 Å². The van der Waals surface area contributed by atoms with Crippen molar-refractivity contribution in [2.75, 3.05) is 0 Å². The summed E-state index contributed by atoms with van der Waals surface area (Å²) in [5.74, 6) is -0.759. The number of para-hydroxylation sites is 1. The lowest BCUT2D eigenvalue weighted by Gasteiger charge is -2.06. The molecule has 0 spiro atoms. The van der Waals surface area contributed by atoms with E-state index in [-0.39, 0.29) is 22.6 Å². The Labute approximate surface area is 168 Å². The van der Waals surface area contributed by atoms with Gasteiger partial charge < -0.3 is 14.3 Å². The molecule has 0 saturated heterocycles. The monoisotopic (exact) mass is 414 g/mol. The average molecular weight is 415 g/mol. The molecule has 146 valence electrons. The van der Waals surface area contributed by atoms with Crippen LogP contribution in [0.1, 0.15) is 15.9 Å². The Morgan fingerprint density at radius 3 is 2.69 bits per heavy atom. The fourth-order valence-electron chi connectivity index (χ4n) is 3.13. The molecule has 1 aromatic heterocycles. The summed E-state index contributed by atoms with van der Waals surface area (Å²) in [6, 6.07) is 14.2. The number of carbonyl (C=O) groups excluding carboxylic acids is 1. The number of phenolic OH excluding ortho intramolecular Hbond substituents is 1. The van der Waals surface area contributed by atoms with Crippen LogP contribution < -0.4 is 4.74 Å². The van der Waals surface area contributed by atoms with Gasteiger partial charge in [-0.15, -0.1) is 0 Å². The van der Waals surface area contributed by atoms with E-state index in [1.165, 1.54) is 36.4 Å². The predicted molar refractivity (Wildman–Crippen MR) is 107 cm³/mol. The maximum absolute atomic E-state index is 12.8. The Morgan fingerprint density at radius 1 is 1.14 bits per heavy atom. The molecule has 0 saturated carbocycles. The van der Waals surface area contributed by atoms with E-state index >= 15 is 0 Å². The quantitative estimate of drug-likeness (QED) is 0.301. The highest BCUT2D eigenvalue weighted by molar-refractivity contribution is 6.31. The van der Waals surface area contributed by atoms with Gasteiger partial charge in [0.1, 0.15) is 11.3 Å². The minimum absolute atomic E-state index is 0.0926. The number of furan rings is 1. The second-order valence-electron chi connectivity index (χ2n) is 6.19. The summed E-state index contributed by atoms with van der Waals surface area (Å²) in [7, 11) is 0. The Bertz CT molecular complexity index is 1260. The van der Waals surface area contributed by atoms with E-state index in [1.54, 1.807) is 30.3 Å². The smallest absolute Gasteiger partial charge is 0.387 e. The van der Waals surface area contributed by atoms with Gasteiger partial charge in [-0.05, 0) is 42.0 Å². The summed E-state index contributed by atoms with van der Waals surface area (Å²) in [6.45, 7) is -3.00. The van der Waals surface area contributed by atoms with Crippen molar-refractivity contribution in [3.05, 3.63) is 76.8 Å². The van der Waals surface area contributed by atoms with Gasteiger partial charge in [0.15, 0.2) is 17.1 Å². The first kappa shape index (κ1) is 19.0. The summed E-state index contributed by atoms with van der Waals surface area (Å²) in [6.07, 6.45) is 2.82. The highest BCUT2D eigenvalue weighted by Gasteiger charge is 2.17. The van der Waals surface area contributed by atoms with Crippen molar-refractivity contribution in [2.45, 2.75) is 6.61 Å². The first-order valence-electron chi connectivity index (χ1n) is 8.54. The molecular weight excluding hydrogens is 402 g/mol. The molecule has 1 heterocycles. The summed E-state index contributed by atoms with van der Waals surface area (Å²) in [4.78, 5) is 12.5. The lowest BCUT2D eigenvalue weighted by Crippen LogP contribution is -2.02. The van der Waals surface area contributed by atoms with Crippen LogP contribution in [0.25, 0.3) is 28.0 Å². The topological polar surface area (TPSA) is 59.7 Å². The van der Waals surface area contributed by atoms with Crippen LogP contribution in [0, 0.1) is 0 Å². The molecule has 4 rings (SSSR count). The van der Waals surface area contributed by atoms with Gasteiger partial charge in [0.05, 0.1) is 5.56 Å². The zero-order valence-corrected chi connectivity index (χ0v) is 15.5. The van der Waals surface area contributed by atoms with Crippen molar-refractivity contribution in [3.8, 4) is 11.5 Å². The molecular formula is C22H13ClF2O4. The van der Waals surface area contributed by atoms with Crippen LogP contribution >= 0.6 is 11.6 Å². The number of fused-ring (bicyclic) bond motifs is 3. The van der Waals surface area contributed by atoms with Gasteiger partial charge in [-0.3, -0.25) is 4.79 Å². The molecule has 0 atom stereocenters. The lowest BCUT2D eigenvalue weighted by molar-refractivity contribution is -0.0493. The minimum Gasteiger partial charge on any atom is -0.507 e. The maximum atomic E-state index is 12.8. The molecule has 4 nitrogen and oxygen atoms in total. The molecule has 0 unspecified atom stereocenters. The number of alkyl halides is 2. The summed E-state index contributed by atoms with van der Waals surface area (Å²) >= 11 is 5.79. The molecule has 4 aromatic rings. The molecule has 0 aliphatic rings. The van der Waals surface area contributed by atoms with Crippen LogP contribution in [0.3, 0.4) is 0 Å². The summed E-state index contributed by atoms with van der Waals surface area (Å²) in [5.41, 5.74) is 1.34. The Morgan fingerprint density at radius 2 is 1.93 bits per heavy atom. The minimum atomic E-state index is -3.00. The highest BCUT2D eigenvalue weighted by Crippen LogP contribution is 2.38. The Balaban J connectivity index is 1.81. The molecule has 29 heavy (non-hydrogen) atoms. The van der Waals surface area contributed by atoms with Crippen LogP contribution in [0.15, 0.2) is 65.1 Å². The Kier molecular flexibility index (Phi) is 4.94. The second-order valence-corrected chi connectivity index (χ2v) is 6.63. The van der Waals surface area contributed by atoms with E-state index in [9.17, 15) is 18.7 Å². The summed E-state index contributed by atoms with van der Waals surface area (Å²) in [5, 5.41) is 11.5. The fraction of sp³-hybridized carbons (Fsp3) is 0.0455. The van der Waals surface area contributed by atoms with Gasteiger partial charge in [0.25, 0.3) is 0 Å². The molecule has 0 radical (unpaired) electrons. The number of aromatic hydroxyl groups is 1. The van der Waals surface area contributed by atoms with Crippen molar-refractivity contribution in [2.24, 2.45) is 0 Å². The van der Waals surface area contributed by atoms with Crippen molar-refractivity contribution < 1.29 is 27.8 Å². The predicted octanol–water partition coefficient (Wildman–Crippen LogP) is 6.44. The SMILES string of the molecule is O=C(/C=C/c1ccc(OC(F)F)c2oc3ccccc3c12)c1ccc(Cl)cc1O. The number of hydrogen-bond acceptors (Lipinski definition) is 4. The highest BCUT2D eigenvalue weighted by atomic mass is 35.5. The van der Waals surface area contributed by atoms with E-state index < -0.39 is 12.4 Å². The third kappa shape index (κ3) is 3.67. The fourth-order valence-corrected chi connectivity index (χ4v) is 3.29. The number of rotatable bonds is 5. The molecule has 7 heteroatoms. The molecule has 0 amide bonds. The third-order valence-corrected chi connectivity index (χ3v) is 4.61. The van der Waals surface area contributed by atoms with Gasteiger partial charge in [0, 0.05) is 15.8 Å². The van der Waals surface area contributed by atoms with E-state index in [0.717, 1.165) is 0 Å². The van der Waals surface area contributed by atoms with Gasteiger partial charge in [0.2, 0.25) is 0 Å². The molecule has 3 aromatic carbocycles. The number of hydrogen-bond donors (Lipinski definition) is 1. The van der Waals surface area contributed by atoms with Crippen LogP contribution in [-0.4, -0.2) is 17.5 Å². The number of carbonyl (C=O) groups is 1. The van der Waals surface area contributed by atoms with Crippen molar-refractivity contribution >= 4 is 45.4 Å².